The highest BCUT2D eigenvalue weighted by Crippen LogP contribution is 2.08. The maximum atomic E-state index is 11.7. The van der Waals surface area contributed by atoms with Gasteiger partial charge in [0, 0.05) is 25.8 Å². The molecule has 0 aromatic heterocycles. The minimum absolute atomic E-state index is 0.138. The zero-order chi connectivity index (χ0) is 12.8. The van der Waals surface area contributed by atoms with Gasteiger partial charge in [0.1, 0.15) is 0 Å². The Labute approximate surface area is 103 Å². The molecule has 94 valence electrons. The number of rotatable bonds is 5. The van der Waals surface area contributed by atoms with Crippen molar-refractivity contribution in [1.29, 1.82) is 0 Å². The van der Waals surface area contributed by atoms with Crippen molar-refractivity contribution in [3.8, 4) is 0 Å². The van der Waals surface area contributed by atoms with Crippen molar-refractivity contribution in [2.45, 2.75) is 13.5 Å². The fraction of sp³-hybridized carbons (Fsp3) is 0.462. The maximum absolute atomic E-state index is 11.7. The number of benzene rings is 1. The van der Waals surface area contributed by atoms with E-state index >= 15 is 0 Å². The lowest BCUT2D eigenvalue weighted by Crippen LogP contribution is -2.36. The Morgan fingerprint density at radius 1 is 1.35 bits per heavy atom. The standard InChI is InChI=1S/C13H21N3O/c1-4-16(3)13(17)10-15(2)9-11-6-5-7-12(14)8-11/h5-8H,4,9-10,14H2,1-3H3. The van der Waals surface area contributed by atoms with Crippen LogP contribution < -0.4 is 5.73 Å². The van der Waals surface area contributed by atoms with Gasteiger partial charge in [0.05, 0.1) is 6.54 Å². The Morgan fingerprint density at radius 3 is 2.65 bits per heavy atom. The van der Waals surface area contributed by atoms with Crippen molar-refractivity contribution in [3.05, 3.63) is 29.8 Å². The fourth-order valence-electron chi connectivity index (χ4n) is 1.59. The molecule has 4 nitrogen and oxygen atoms in total. The number of carbonyl (C=O) groups excluding carboxylic acids is 1. The number of nitrogens with two attached hydrogens (primary N) is 1. The number of likely N-dealkylation sites (N-methyl/N-ethyl adjacent to an activating group) is 2. The molecule has 0 bridgehead atoms. The number of anilines is 1. The van der Waals surface area contributed by atoms with Crippen molar-refractivity contribution < 1.29 is 4.79 Å². The smallest absolute Gasteiger partial charge is 0.236 e. The molecule has 0 aliphatic carbocycles. The molecule has 0 saturated heterocycles. The van der Waals surface area contributed by atoms with Crippen LogP contribution in [0.4, 0.5) is 5.69 Å². The summed E-state index contributed by atoms with van der Waals surface area (Å²) in [4.78, 5) is 15.4. The van der Waals surface area contributed by atoms with Gasteiger partial charge in [-0.2, -0.15) is 0 Å². The van der Waals surface area contributed by atoms with Crippen LogP contribution in [0.25, 0.3) is 0 Å². The first kappa shape index (κ1) is 13.5. The van der Waals surface area contributed by atoms with E-state index in [0.29, 0.717) is 6.54 Å². The number of nitrogens with zero attached hydrogens (tertiary/aromatic N) is 2. The van der Waals surface area contributed by atoms with E-state index in [4.69, 9.17) is 5.73 Å². The molecule has 0 spiro atoms. The van der Waals surface area contributed by atoms with E-state index in [9.17, 15) is 4.79 Å². The second-order valence-electron chi connectivity index (χ2n) is 4.33. The maximum Gasteiger partial charge on any atom is 0.236 e. The Bertz CT molecular complexity index is 379. The van der Waals surface area contributed by atoms with Gasteiger partial charge in [-0.3, -0.25) is 9.69 Å². The average molecular weight is 235 g/mol. The minimum Gasteiger partial charge on any atom is -0.399 e. The highest BCUT2D eigenvalue weighted by Gasteiger charge is 2.10. The molecule has 1 aromatic carbocycles. The molecular formula is C13H21N3O. The Morgan fingerprint density at radius 2 is 2.06 bits per heavy atom. The molecule has 2 N–H and O–H groups in total. The third-order valence-electron chi connectivity index (χ3n) is 2.71. The summed E-state index contributed by atoms with van der Waals surface area (Å²) in [6.45, 7) is 3.87. The molecule has 4 heteroatoms. The second kappa shape index (κ2) is 6.25. The van der Waals surface area contributed by atoms with Gasteiger partial charge >= 0.3 is 0 Å². The van der Waals surface area contributed by atoms with Gasteiger partial charge in [0.25, 0.3) is 0 Å². The molecule has 17 heavy (non-hydrogen) atoms. The number of amides is 1. The predicted molar refractivity (Wildman–Crippen MR) is 70.5 cm³/mol. The highest BCUT2D eigenvalue weighted by atomic mass is 16.2. The summed E-state index contributed by atoms with van der Waals surface area (Å²) < 4.78 is 0. The Balaban J connectivity index is 2.50. The molecule has 0 atom stereocenters. The molecule has 0 fully saturated rings. The van der Waals surface area contributed by atoms with Crippen LogP contribution in [0.15, 0.2) is 24.3 Å². The van der Waals surface area contributed by atoms with Crippen molar-refractivity contribution in [2.75, 3.05) is 32.9 Å². The largest absolute Gasteiger partial charge is 0.399 e. The zero-order valence-corrected chi connectivity index (χ0v) is 10.8. The summed E-state index contributed by atoms with van der Waals surface area (Å²) in [5.74, 6) is 0.138. The van der Waals surface area contributed by atoms with Crippen LogP contribution in [-0.4, -0.2) is 42.9 Å². The van der Waals surface area contributed by atoms with E-state index < -0.39 is 0 Å². The van der Waals surface area contributed by atoms with Gasteiger partial charge in [-0.25, -0.2) is 0 Å². The van der Waals surface area contributed by atoms with Gasteiger partial charge in [-0.15, -0.1) is 0 Å². The quantitative estimate of drug-likeness (QED) is 0.780. The van der Waals surface area contributed by atoms with Gasteiger partial charge in [-0.1, -0.05) is 12.1 Å². The lowest BCUT2D eigenvalue weighted by molar-refractivity contribution is -0.130. The normalized spacial score (nSPS) is 10.6. The topological polar surface area (TPSA) is 49.6 Å². The first-order chi connectivity index (χ1) is 8.02. The molecule has 0 unspecified atom stereocenters. The van der Waals surface area contributed by atoms with E-state index in [2.05, 4.69) is 0 Å². The van der Waals surface area contributed by atoms with Gasteiger partial charge in [-0.05, 0) is 31.7 Å². The lowest BCUT2D eigenvalue weighted by Gasteiger charge is -2.20. The first-order valence-electron chi connectivity index (χ1n) is 5.80. The molecule has 0 saturated carbocycles. The third kappa shape index (κ3) is 4.44. The van der Waals surface area contributed by atoms with Crippen LogP contribution in [0.2, 0.25) is 0 Å². The molecule has 0 radical (unpaired) electrons. The van der Waals surface area contributed by atoms with Crippen molar-refractivity contribution in [3.63, 3.8) is 0 Å². The van der Waals surface area contributed by atoms with Crippen LogP contribution in [-0.2, 0) is 11.3 Å². The summed E-state index contributed by atoms with van der Waals surface area (Å²) in [5, 5.41) is 0. The Kier molecular flexibility index (Phi) is 4.97. The van der Waals surface area contributed by atoms with Crippen molar-refractivity contribution >= 4 is 11.6 Å². The average Bonchev–Trinajstić information content (AvgIpc) is 2.27. The number of carbonyl (C=O) groups is 1. The van der Waals surface area contributed by atoms with E-state index in [1.165, 1.54) is 0 Å². The first-order valence-corrected chi connectivity index (χ1v) is 5.80. The minimum atomic E-state index is 0.138. The fourth-order valence-corrected chi connectivity index (χ4v) is 1.59. The van der Waals surface area contributed by atoms with Crippen LogP contribution in [0.1, 0.15) is 12.5 Å². The van der Waals surface area contributed by atoms with Gasteiger partial charge < -0.3 is 10.6 Å². The number of nitrogen functional groups attached to an aromatic ring is 1. The molecule has 0 heterocycles. The summed E-state index contributed by atoms with van der Waals surface area (Å²) >= 11 is 0. The summed E-state index contributed by atoms with van der Waals surface area (Å²) in [7, 11) is 3.75. The highest BCUT2D eigenvalue weighted by molar-refractivity contribution is 5.77. The van der Waals surface area contributed by atoms with Crippen molar-refractivity contribution in [2.24, 2.45) is 0 Å². The summed E-state index contributed by atoms with van der Waals surface area (Å²) in [6, 6.07) is 7.74. The van der Waals surface area contributed by atoms with Crippen LogP contribution >= 0.6 is 0 Å². The summed E-state index contributed by atoms with van der Waals surface area (Å²) in [6.07, 6.45) is 0. The van der Waals surface area contributed by atoms with Gasteiger partial charge in [0.2, 0.25) is 5.91 Å². The van der Waals surface area contributed by atoms with Crippen LogP contribution in [0, 0.1) is 0 Å². The predicted octanol–water partition coefficient (Wildman–Crippen LogP) is 1.18. The molecule has 1 rings (SSSR count). The molecule has 1 amide bonds. The van der Waals surface area contributed by atoms with Crippen LogP contribution in [0.5, 0.6) is 0 Å². The number of hydrogen-bond acceptors (Lipinski definition) is 3. The summed E-state index contributed by atoms with van der Waals surface area (Å²) in [5.41, 5.74) is 7.59. The van der Waals surface area contributed by atoms with E-state index in [1.807, 2.05) is 50.2 Å². The molecule has 0 aliphatic rings. The monoisotopic (exact) mass is 235 g/mol. The van der Waals surface area contributed by atoms with E-state index in [1.54, 1.807) is 4.90 Å². The second-order valence-corrected chi connectivity index (χ2v) is 4.33. The third-order valence-corrected chi connectivity index (χ3v) is 2.71. The SMILES string of the molecule is CCN(C)C(=O)CN(C)Cc1cccc(N)c1. The van der Waals surface area contributed by atoms with E-state index in [0.717, 1.165) is 24.3 Å². The molecular weight excluding hydrogens is 214 g/mol. The lowest BCUT2D eigenvalue weighted by atomic mass is 10.2. The van der Waals surface area contributed by atoms with E-state index in [-0.39, 0.29) is 5.91 Å². The molecule has 1 aromatic rings. The Hall–Kier alpha value is -1.55. The van der Waals surface area contributed by atoms with Crippen LogP contribution in [0.3, 0.4) is 0 Å². The zero-order valence-electron chi connectivity index (χ0n) is 10.8. The molecule has 0 aliphatic heterocycles. The van der Waals surface area contributed by atoms with Crippen molar-refractivity contribution in [1.82, 2.24) is 9.80 Å². The number of hydrogen-bond donors (Lipinski definition) is 1. The van der Waals surface area contributed by atoms with Gasteiger partial charge in [0.15, 0.2) is 0 Å².